The van der Waals surface area contributed by atoms with Crippen LogP contribution >= 0.6 is 0 Å². The summed E-state index contributed by atoms with van der Waals surface area (Å²) in [6.07, 6.45) is 0.166. The number of anilines is 1. The van der Waals surface area contributed by atoms with Crippen molar-refractivity contribution in [3.8, 4) is 5.75 Å². The van der Waals surface area contributed by atoms with E-state index in [-0.39, 0.29) is 42.5 Å². The first kappa shape index (κ1) is 16.9. The molecule has 0 unspecified atom stereocenters. The summed E-state index contributed by atoms with van der Waals surface area (Å²) < 4.78 is 31.0. The van der Waals surface area contributed by atoms with Gasteiger partial charge in [0.1, 0.15) is 17.4 Å². The van der Waals surface area contributed by atoms with Crippen molar-refractivity contribution in [2.45, 2.75) is 12.5 Å². The number of carbonyl (C=O) groups is 2. The molecule has 1 fully saturated rings. The standard InChI is InChI=1S/C18H16F2N2O3/c19-12-1-5-15(6-2-12)22-10-14(9-18(22)24)21-17(23)11-25-16-7-3-13(20)4-8-16/h1-8,14H,9-11H2,(H,21,23)/t14-/m1/s1. The molecule has 130 valence electrons. The van der Waals surface area contributed by atoms with Crippen molar-refractivity contribution >= 4 is 17.5 Å². The van der Waals surface area contributed by atoms with Gasteiger partial charge >= 0.3 is 0 Å². The maximum Gasteiger partial charge on any atom is 0.258 e. The highest BCUT2D eigenvalue weighted by atomic mass is 19.1. The number of nitrogens with one attached hydrogen (secondary N) is 1. The molecule has 0 aromatic heterocycles. The minimum Gasteiger partial charge on any atom is -0.484 e. The van der Waals surface area contributed by atoms with Crippen molar-refractivity contribution in [1.29, 1.82) is 0 Å². The predicted octanol–water partition coefficient (Wildman–Crippen LogP) is 2.27. The van der Waals surface area contributed by atoms with Gasteiger partial charge in [0.2, 0.25) is 5.91 Å². The Morgan fingerprint density at radius 2 is 1.68 bits per heavy atom. The monoisotopic (exact) mass is 346 g/mol. The number of hydrogen-bond acceptors (Lipinski definition) is 3. The van der Waals surface area contributed by atoms with Crippen molar-refractivity contribution in [3.63, 3.8) is 0 Å². The molecule has 25 heavy (non-hydrogen) atoms. The van der Waals surface area contributed by atoms with Gasteiger partial charge in [-0.05, 0) is 48.5 Å². The third-order valence-electron chi connectivity index (χ3n) is 3.81. The number of rotatable bonds is 5. The number of carbonyl (C=O) groups excluding carboxylic acids is 2. The fourth-order valence-corrected chi connectivity index (χ4v) is 2.62. The lowest BCUT2D eigenvalue weighted by molar-refractivity contribution is -0.123. The number of benzene rings is 2. The second-order valence-corrected chi connectivity index (χ2v) is 5.69. The van der Waals surface area contributed by atoms with Crippen molar-refractivity contribution in [2.75, 3.05) is 18.1 Å². The minimum absolute atomic E-state index is 0.142. The van der Waals surface area contributed by atoms with Crippen LogP contribution in [0.25, 0.3) is 0 Å². The van der Waals surface area contributed by atoms with Crippen LogP contribution in [0, 0.1) is 11.6 Å². The maximum atomic E-state index is 13.0. The number of nitrogens with zero attached hydrogens (tertiary/aromatic N) is 1. The van der Waals surface area contributed by atoms with Crippen molar-refractivity contribution in [2.24, 2.45) is 0 Å². The molecule has 0 saturated carbocycles. The van der Waals surface area contributed by atoms with E-state index in [0.717, 1.165) is 0 Å². The van der Waals surface area contributed by atoms with Gasteiger partial charge in [-0.3, -0.25) is 9.59 Å². The maximum absolute atomic E-state index is 13.0. The lowest BCUT2D eigenvalue weighted by Gasteiger charge is -2.17. The first-order chi connectivity index (χ1) is 12.0. The van der Waals surface area contributed by atoms with Crippen LogP contribution in [0.2, 0.25) is 0 Å². The van der Waals surface area contributed by atoms with Gasteiger partial charge in [-0.25, -0.2) is 8.78 Å². The Morgan fingerprint density at radius 1 is 1.08 bits per heavy atom. The van der Waals surface area contributed by atoms with Crippen LogP contribution < -0.4 is 15.0 Å². The Labute approximate surface area is 143 Å². The molecule has 1 aliphatic rings. The molecule has 3 rings (SSSR count). The zero-order valence-electron chi connectivity index (χ0n) is 13.2. The van der Waals surface area contributed by atoms with E-state index in [1.807, 2.05) is 0 Å². The largest absolute Gasteiger partial charge is 0.484 e. The number of ether oxygens (including phenoxy) is 1. The third-order valence-corrected chi connectivity index (χ3v) is 3.81. The summed E-state index contributed by atoms with van der Waals surface area (Å²) in [5, 5.41) is 2.73. The fourth-order valence-electron chi connectivity index (χ4n) is 2.62. The smallest absolute Gasteiger partial charge is 0.258 e. The van der Waals surface area contributed by atoms with E-state index in [2.05, 4.69) is 5.32 Å². The lowest BCUT2D eigenvalue weighted by Crippen LogP contribution is -2.39. The van der Waals surface area contributed by atoms with Gasteiger partial charge in [-0.2, -0.15) is 0 Å². The summed E-state index contributed by atoms with van der Waals surface area (Å²) in [6.45, 7) is 0.0830. The van der Waals surface area contributed by atoms with Crippen molar-refractivity contribution in [3.05, 3.63) is 60.2 Å². The Bertz CT molecular complexity index is 763. The first-order valence-electron chi connectivity index (χ1n) is 7.75. The third kappa shape index (κ3) is 4.32. The van der Waals surface area contributed by atoms with E-state index < -0.39 is 0 Å². The van der Waals surface area contributed by atoms with Gasteiger partial charge in [0.05, 0.1) is 6.04 Å². The molecule has 0 radical (unpaired) electrons. The minimum atomic E-state index is -0.387. The van der Waals surface area contributed by atoms with Gasteiger partial charge in [0, 0.05) is 18.7 Å². The van der Waals surface area contributed by atoms with E-state index in [1.54, 1.807) is 0 Å². The second kappa shape index (κ2) is 7.29. The molecule has 1 N–H and O–H groups in total. The molecule has 1 aliphatic heterocycles. The second-order valence-electron chi connectivity index (χ2n) is 5.69. The highest BCUT2D eigenvalue weighted by molar-refractivity contribution is 5.96. The van der Waals surface area contributed by atoms with Crippen LogP contribution in [0.5, 0.6) is 5.75 Å². The van der Waals surface area contributed by atoms with Gasteiger partial charge in [0.15, 0.2) is 6.61 Å². The average Bonchev–Trinajstić information content (AvgIpc) is 2.95. The van der Waals surface area contributed by atoms with Gasteiger partial charge < -0.3 is 15.0 Å². The Hall–Kier alpha value is -2.96. The van der Waals surface area contributed by atoms with E-state index in [4.69, 9.17) is 4.74 Å². The fraction of sp³-hybridized carbons (Fsp3) is 0.222. The zero-order valence-corrected chi connectivity index (χ0v) is 13.2. The van der Waals surface area contributed by atoms with Crippen LogP contribution in [0.3, 0.4) is 0 Å². The molecule has 0 bridgehead atoms. The summed E-state index contributed by atoms with van der Waals surface area (Å²) in [4.78, 5) is 25.5. The van der Waals surface area contributed by atoms with E-state index in [9.17, 15) is 18.4 Å². The average molecular weight is 346 g/mol. The van der Waals surface area contributed by atoms with Crippen LogP contribution in [0.1, 0.15) is 6.42 Å². The van der Waals surface area contributed by atoms with Crippen LogP contribution in [0.15, 0.2) is 48.5 Å². The molecule has 2 amide bonds. The van der Waals surface area contributed by atoms with Crippen LogP contribution in [-0.4, -0.2) is 31.0 Å². The summed E-state index contributed by atoms with van der Waals surface area (Å²) in [5.74, 6) is -0.897. The predicted molar refractivity (Wildman–Crippen MR) is 87.2 cm³/mol. The highest BCUT2D eigenvalue weighted by Gasteiger charge is 2.31. The normalized spacial score (nSPS) is 16.8. The molecule has 2 aromatic carbocycles. The molecule has 5 nitrogen and oxygen atoms in total. The number of halogens is 2. The van der Waals surface area contributed by atoms with Gasteiger partial charge in [-0.1, -0.05) is 0 Å². The van der Waals surface area contributed by atoms with Crippen LogP contribution in [0.4, 0.5) is 14.5 Å². The zero-order chi connectivity index (χ0) is 17.8. The number of hydrogen-bond donors (Lipinski definition) is 1. The molecular weight excluding hydrogens is 330 g/mol. The van der Waals surface area contributed by atoms with Crippen LogP contribution in [-0.2, 0) is 9.59 Å². The summed E-state index contributed by atoms with van der Waals surface area (Å²) in [7, 11) is 0. The SMILES string of the molecule is O=C(COc1ccc(F)cc1)N[C@@H]1CC(=O)N(c2ccc(F)cc2)C1. The Morgan fingerprint density at radius 3 is 2.32 bits per heavy atom. The molecule has 0 aliphatic carbocycles. The Kier molecular flexibility index (Phi) is 4.92. The number of amides is 2. The summed E-state index contributed by atoms with van der Waals surface area (Å²) >= 11 is 0. The quantitative estimate of drug-likeness (QED) is 0.904. The molecule has 1 heterocycles. The molecule has 7 heteroatoms. The topological polar surface area (TPSA) is 58.6 Å². The molecule has 1 atom stereocenters. The summed E-state index contributed by atoms with van der Waals surface area (Å²) in [5.41, 5.74) is 0.589. The summed E-state index contributed by atoms with van der Waals surface area (Å²) in [6, 6.07) is 10.6. The molecule has 1 saturated heterocycles. The molecule has 0 spiro atoms. The van der Waals surface area contributed by atoms with Crippen molar-refractivity contribution in [1.82, 2.24) is 5.32 Å². The highest BCUT2D eigenvalue weighted by Crippen LogP contribution is 2.21. The molecular formula is C18H16F2N2O3. The van der Waals surface area contributed by atoms with E-state index in [1.165, 1.54) is 53.4 Å². The van der Waals surface area contributed by atoms with Gasteiger partial charge in [-0.15, -0.1) is 0 Å². The van der Waals surface area contributed by atoms with Crippen molar-refractivity contribution < 1.29 is 23.1 Å². The van der Waals surface area contributed by atoms with E-state index in [0.29, 0.717) is 18.0 Å². The first-order valence-corrected chi connectivity index (χ1v) is 7.75. The van der Waals surface area contributed by atoms with E-state index >= 15 is 0 Å². The molecule has 2 aromatic rings. The lowest BCUT2D eigenvalue weighted by atomic mass is 10.2. The van der Waals surface area contributed by atoms with Gasteiger partial charge in [0.25, 0.3) is 5.91 Å². The Balaban J connectivity index is 1.51.